The minimum Gasteiger partial charge on any atom is -0.454 e. The molecule has 0 radical (unpaired) electrons. The maximum absolute atomic E-state index is 6.06. The molecule has 28 heavy (non-hydrogen) atoms. The van der Waals surface area contributed by atoms with Crippen molar-refractivity contribution >= 4 is 0 Å². The maximum atomic E-state index is 6.06. The molecule has 0 saturated heterocycles. The molecule has 0 bridgehead atoms. The summed E-state index contributed by atoms with van der Waals surface area (Å²) in [6, 6.07) is 5.75. The van der Waals surface area contributed by atoms with E-state index in [0.29, 0.717) is 19.0 Å². The number of unbranched alkanes of at least 4 members (excludes halogenated alkanes) is 2. The van der Waals surface area contributed by atoms with Crippen molar-refractivity contribution < 1.29 is 28.4 Å². The minimum absolute atomic E-state index is 0.00453. The molecule has 2 atom stereocenters. The largest absolute Gasteiger partial charge is 0.454 e. The van der Waals surface area contributed by atoms with Crippen LogP contribution in [0.1, 0.15) is 65.2 Å². The summed E-state index contributed by atoms with van der Waals surface area (Å²) >= 11 is 0. The van der Waals surface area contributed by atoms with Gasteiger partial charge in [0.1, 0.15) is 0 Å². The van der Waals surface area contributed by atoms with Gasteiger partial charge in [0.25, 0.3) is 0 Å². The molecule has 0 spiro atoms. The predicted octanol–water partition coefficient (Wildman–Crippen LogP) is 4.86. The Morgan fingerprint density at radius 2 is 1.39 bits per heavy atom. The molecule has 1 aromatic rings. The molecule has 2 unspecified atom stereocenters. The molecule has 1 heterocycles. The second-order valence-electron chi connectivity index (χ2n) is 7.18. The van der Waals surface area contributed by atoms with Gasteiger partial charge in [0.2, 0.25) is 6.79 Å². The summed E-state index contributed by atoms with van der Waals surface area (Å²) < 4.78 is 34.6. The molecule has 6 heteroatoms. The topological polar surface area (TPSA) is 55.4 Å². The highest BCUT2D eigenvalue weighted by atomic mass is 16.7. The third kappa shape index (κ3) is 7.95. The number of hydrogen-bond donors (Lipinski definition) is 0. The lowest BCUT2D eigenvalue weighted by molar-refractivity contribution is -0.180. The van der Waals surface area contributed by atoms with Crippen LogP contribution in [0.4, 0.5) is 0 Å². The molecule has 1 aliphatic heterocycles. The quantitative estimate of drug-likeness (QED) is 0.312. The van der Waals surface area contributed by atoms with Crippen LogP contribution in [-0.2, 0) is 18.9 Å². The van der Waals surface area contributed by atoms with E-state index in [4.69, 9.17) is 28.4 Å². The molecular weight excluding hydrogens is 360 g/mol. The van der Waals surface area contributed by atoms with Gasteiger partial charge in [-0.05, 0) is 44.9 Å². The molecule has 0 aromatic heterocycles. The summed E-state index contributed by atoms with van der Waals surface area (Å²) in [5.74, 6) is 1.46. The van der Waals surface area contributed by atoms with Gasteiger partial charge in [0.05, 0.1) is 25.4 Å². The Balaban J connectivity index is 1.91. The second kappa shape index (κ2) is 13.0. The second-order valence-corrected chi connectivity index (χ2v) is 7.18. The zero-order valence-corrected chi connectivity index (χ0v) is 17.8. The fraction of sp³-hybridized carbons (Fsp3) is 0.727. The minimum atomic E-state index is -0.510. The Labute approximate surface area is 169 Å². The number of ether oxygens (including phenoxy) is 6. The Bertz CT molecular complexity index is 530. The molecular formula is C22H36O6. The van der Waals surface area contributed by atoms with Crippen molar-refractivity contribution in [3.05, 3.63) is 23.8 Å². The zero-order valence-electron chi connectivity index (χ0n) is 17.8. The summed E-state index contributed by atoms with van der Waals surface area (Å²) in [5.41, 5.74) is 0.894. The molecule has 1 aromatic carbocycles. The first-order valence-electron chi connectivity index (χ1n) is 10.5. The standard InChI is InChI=1S/C22H36O6/c1-5-7-11-23-17(3)14-25-22(26-15-18(4)24-12-8-6-2)19-9-10-20-21(13-19)28-16-27-20/h9-10,13,17-18,22H,5-8,11-12,14-16H2,1-4H3. The van der Waals surface area contributed by atoms with Gasteiger partial charge in [-0.3, -0.25) is 0 Å². The summed E-state index contributed by atoms with van der Waals surface area (Å²) in [6.45, 7) is 11.0. The Kier molecular flexibility index (Phi) is 10.6. The highest BCUT2D eigenvalue weighted by Gasteiger charge is 2.21. The summed E-state index contributed by atoms with van der Waals surface area (Å²) in [6.07, 6.45) is 3.84. The van der Waals surface area contributed by atoms with E-state index >= 15 is 0 Å². The lowest BCUT2D eigenvalue weighted by Crippen LogP contribution is -2.23. The van der Waals surface area contributed by atoms with Crippen molar-refractivity contribution in [3.8, 4) is 11.5 Å². The van der Waals surface area contributed by atoms with Gasteiger partial charge in [-0.15, -0.1) is 0 Å². The summed E-state index contributed by atoms with van der Waals surface area (Å²) in [4.78, 5) is 0. The van der Waals surface area contributed by atoms with Gasteiger partial charge >= 0.3 is 0 Å². The van der Waals surface area contributed by atoms with Crippen LogP contribution in [-0.4, -0.2) is 45.4 Å². The molecule has 160 valence electrons. The third-order valence-corrected chi connectivity index (χ3v) is 4.43. The molecule has 0 aliphatic carbocycles. The van der Waals surface area contributed by atoms with Gasteiger partial charge in [-0.25, -0.2) is 0 Å². The average molecular weight is 397 g/mol. The van der Waals surface area contributed by atoms with E-state index in [9.17, 15) is 0 Å². The first-order valence-corrected chi connectivity index (χ1v) is 10.5. The van der Waals surface area contributed by atoms with E-state index in [1.54, 1.807) is 0 Å². The van der Waals surface area contributed by atoms with Crippen LogP contribution < -0.4 is 9.47 Å². The lowest BCUT2D eigenvalue weighted by atomic mass is 10.2. The molecule has 0 fully saturated rings. The maximum Gasteiger partial charge on any atom is 0.231 e. The van der Waals surface area contributed by atoms with Crippen LogP contribution in [0.15, 0.2) is 18.2 Å². The molecule has 1 aliphatic rings. The van der Waals surface area contributed by atoms with Gasteiger partial charge < -0.3 is 28.4 Å². The van der Waals surface area contributed by atoms with Crippen molar-refractivity contribution in [1.29, 1.82) is 0 Å². The molecule has 0 N–H and O–H groups in total. The molecule has 2 rings (SSSR count). The predicted molar refractivity (Wildman–Crippen MR) is 108 cm³/mol. The Hall–Kier alpha value is -1.34. The van der Waals surface area contributed by atoms with E-state index in [1.807, 2.05) is 32.0 Å². The van der Waals surface area contributed by atoms with Crippen molar-refractivity contribution in [2.24, 2.45) is 0 Å². The summed E-state index contributed by atoms with van der Waals surface area (Å²) in [7, 11) is 0. The zero-order chi connectivity index (χ0) is 20.2. The number of benzene rings is 1. The van der Waals surface area contributed by atoms with Gasteiger partial charge in [-0.1, -0.05) is 26.7 Å². The van der Waals surface area contributed by atoms with E-state index < -0.39 is 6.29 Å². The van der Waals surface area contributed by atoms with E-state index in [2.05, 4.69) is 13.8 Å². The molecule has 6 nitrogen and oxygen atoms in total. The first kappa shape index (κ1) is 22.9. The highest BCUT2D eigenvalue weighted by molar-refractivity contribution is 5.44. The van der Waals surface area contributed by atoms with Crippen LogP contribution in [0.25, 0.3) is 0 Å². The fourth-order valence-corrected chi connectivity index (χ4v) is 2.70. The molecule has 0 saturated carbocycles. The Morgan fingerprint density at radius 1 is 0.821 bits per heavy atom. The van der Waals surface area contributed by atoms with E-state index in [0.717, 1.165) is 50.2 Å². The van der Waals surface area contributed by atoms with Gasteiger partial charge in [0, 0.05) is 18.8 Å². The van der Waals surface area contributed by atoms with Crippen LogP contribution >= 0.6 is 0 Å². The molecule has 0 amide bonds. The normalized spacial score (nSPS) is 16.1. The summed E-state index contributed by atoms with van der Waals surface area (Å²) in [5, 5.41) is 0. The third-order valence-electron chi connectivity index (χ3n) is 4.43. The van der Waals surface area contributed by atoms with Crippen molar-refractivity contribution in [2.45, 2.75) is 71.9 Å². The van der Waals surface area contributed by atoms with E-state index in [1.165, 1.54) is 0 Å². The number of rotatable bonds is 15. The van der Waals surface area contributed by atoms with Crippen LogP contribution in [0.5, 0.6) is 11.5 Å². The number of fused-ring (bicyclic) bond motifs is 1. The number of hydrogen-bond acceptors (Lipinski definition) is 6. The van der Waals surface area contributed by atoms with Crippen molar-refractivity contribution in [3.63, 3.8) is 0 Å². The van der Waals surface area contributed by atoms with Gasteiger partial charge in [-0.2, -0.15) is 0 Å². The lowest BCUT2D eigenvalue weighted by Gasteiger charge is -2.23. The monoisotopic (exact) mass is 396 g/mol. The Morgan fingerprint density at radius 3 is 1.96 bits per heavy atom. The van der Waals surface area contributed by atoms with Crippen molar-refractivity contribution in [1.82, 2.24) is 0 Å². The average Bonchev–Trinajstić information content (AvgIpc) is 3.16. The van der Waals surface area contributed by atoms with Gasteiger partial charge in [0.15, 0.2) is 17.8 Å². The van der Waals surface area contributed by atoms with Crippen LogP contribution in [0.2, 0.25) is 0 Å². The smallest absolute Gasteiger partial charge is 0.231 e. The van der Waals surface area contributed by atoms with E-state index in [-0.39, 0.29) is 19.0 Å². The SMILES string of the molecule is CCCCOC(C)COC(OCC(C)OCCCC)c1ccc2c(c1)OCO2. The van der Waals surface area contributed by atoms with Crippen molar-refractivity contribution in [2.75, 3.05) is 33.2 Å². The van der Waals surface area contributed by atoms with Crippen LogP contribution in [0, 0.1) is 0 Å². The van der Waals surface area contributed by atoms with Crippen LogP contribution in [0.3, 0.4) is 0 Å². The fourth-order valence-electron chi connectivity index (χ4n) is 2.70. The first-order chi connectivity index (χ1) is 13.6. The highest BCUT2D eigenvalue weighted by Crippen LogP contribution is 2.35.